The third-order valence-electron chi connectivity index (χ3n) is 6.86. The van der Waals surface area contributed by atoms with Gasteiger partial charge in [-0.25, -0.2) is 0 Å². The summed E-state index contributed by atoms with van der Waals surface area (Å²) in [6.07, 6.45) is 10.4. The maximum Gasteiger partial charge on any atom is 0.229 e. The fourth-order valence-corrected chi connectivity index (χ4v) is 6.58. The molecule has 0 spiro atoms. The zero-order valence-electron chi connectivity index (χ0n) is 12.8. The summed E-state index contributed by atoms with van der Waals surface area (Å²) in [6.45, 7) is 2.66. The van der Waals surface area contributed by atoms with Gasteiger partial charge in [0.2, 0.25) is 5.91 Å². The van der Waals surface area contributed by atoms with Crippen molar-refractivity contribution in [3.63, 3.8) is 0 Å². The van der Waals surface area contributed by atoms with E-state index in [2.05, 4.69) is 5.32 Å². The first-order valence-corrected chi connectivity index (χ1v) is 9.24. The van der Waals surface area contributed by atoms with E-state index >= 15 is 0 Å². The number of halogens is 2. The van der Waals surface area contributed by atoms with Crippen LogP contribution in [0.1, 0.15) is 58.3 Å². The molecule has 4 heteroatoms. The van der Waals surface area contributed by atoms with Gasteiger partial charge in [-0.05, 0) is 81.5 Å². The van der Waals surface area contributed by atoms with Crippen molar-refractivity contribution in [1.29, 1.82) is 0 Å². The second-order valence-corrected chi connectivity index (χ2v) is 10.1. The summed E-state index contributed by atoms with van der Waals surface area (Å²) in [7, 11) is 0. The van der Waals surface area contributed by atoms with Crippen molar-refractivity contribution in [2.75, 3.05) is 6.54 Å². The molecule has 21 heavy (non-hydrogen) atoms. The van der Waals surface area contributed by atoms with Crippen LogP contribution in [0.5, 0.6) is 0 Å². The highest BCUT2D eigenvalue weighted by Gasteiger charge is 2.67. The fraction of sp³-hybridized carbons (Fsp3) is 0.941. The largest absolute Gasteiger partial charge is 0.356 e. The minimum Gasteiger partial charge on any atom is -0.356 e. The summed E-state index contributed by atoms with van der Waals surface area (Å²) in [4.78, 5) is 12.2. The molecule has 1 atom stereocenters. The van der Waals surface area contributed by atoms with Gasteiger partial charge in [0.15, 0.2) is 0 Å². The Balaban J connectivity index is 1.33. The van der Waals surface area contributed by atoms with Gasteiger partial charge in [-0.3, -0.25) is 4.79 Å². The SMILES string of the molecule is CC1(C(=O)NCCC23CC4CC(CC(C4)C2)C3)CC1(Cl)Cl. The number of alkyl halides is 2. The van der Waals surface area contributed by atoms with E-state index in [1.165, 1.54) is 38.5 Å². The molecule has 5 fully saturated rings. The lowest BCUT2D eigenvalue weighted by molar-refractivity contribution is -0.126. The van der Waals surface area contributed by atoms with Crippen molar-refractivity contribution in [3.05, 3.63) is 0 Å². The smallest absolute Gasteiger partial charge is 0.229 e. The number of carbonyl (C=O) groups is 1. The number of rotatable bonds is 4. The molecule has 2 nitrogen and oxygen atoms in total. The Morgan fingerprint density at radius 3 is 2.00 bits per heavy atom. The Labute approximate surface area is 137 Å². The highest BCUT2D eigenvalue weighted by Crippen LogP contribution is 2.64. The molecule has 1 amide bonds. The average Bonchev–Trinajstić information content (AvgIpc) is 2.87. The quantitative estimate of drug-likeness (QED) is 0.766. The van der Waals surface area contributed by atoms with Crippen LogP contribution in [0.4, 0.5) is 0 Å². The van der Waals surface area contributed by atoms with E-state index in [0.29, 0.717) is 11.8 Å². The lowest BCUT2D eigenvalue weighted by atomic mass is 9.49. The van der Waals surface area contributed by atoms with Gasteiger partial charge in [-0.15, -0.1) is 23.2 Å². The Bertz CT molecular complexity index is 440. The molecule has 0 aromatic carbocycles. The molecule has 118 valence electrons. The normalized spacial score (nSPS) is 49.2. The van der Waals surface area contributed by atoms with Crippen molar-refractivity contribution in [2.24, 2.45) is 28.6 Å². The number of nitrogens with one attached hydrogen (secondary N) is 1. The Hall–Kier alpha value is 0.0500. The van der Waals surface area contributed by atoms with Crippen LogP contribution in [0.2, 0.25) is 0 Å². The standard InChI is InChI=1S/C17H25Cl2NO/c1-15(10-17(15,18)19)14(21)20-3-2-16-7-11-4-12(8-16)6-13(5-11)9-16/h11-13H,2-10H2,1H3,(H,20,21). The van der Waals surface area contributed by atoms with Crippen LogP contribution in [0, 0.1) is 28.6 Å². The highest BCUT2D eigenvalue weighted by atomic mass is 35.5. The molecule has 1 unspecified atom stereocenters. The van der Waals surface area contributed by atoms with Crippen LogP contribution in [0.25, 0.3) is 0 Å². The maximum atomic E-state index is 12.2. The first-order chi connectivity index (χ1) is 9.82. The summed E-state index contributed by atoms with van der Waals surface area (Å²) in [5, 5.41) is 3.11. The molecule has 5 aliphatic rings. The van der Waals surface area contributed by atoms with E-state index in [9.17, 15) is 4.79 Å². The molecule has 0 aromatic heterocycles. The van der Waals surface area contributed by atoms with Crippen LogP contribution in [0.15, 0.2) is 0 Å². The zero-order chi connectivity index (χ0) is 14.9. The van der Waals surface area contributed by atoms with Crippen molar-refractivity contribution >= 4 is 29.1 Å². The molecule has 0 saturated heterocycles. The van der Waals surface area contributed by atoms with E-state index < -0.39 is 9.75 Å². The van der Waals surface area contributed by atoms with Crippen molar-refractivity contribution in [2.45, 2.75) is 62.6 Å². The lowest BCUT2D eigenvalue weighted by Gasteiger charge is -2.57. The number of hydrogen-bond acceptors (Lipinski definition) is 1. The third kappa shape index (κ3) is 2.32. The van der Waals surface area contributed by atoms with E-state index in [1.54, 1.807) is 0 Å². The molecular formula is C17H25Cl2NO. The number of amides is 1. The monoisotopic (exact) mass is 329 g/mol. The van der Waals surface area contributed by atoms with Gasteiger partial charge in [0.05, 0.1) is 5.41 Å². The second kappa shape index (κ2) is 4.54. The fourth-order valence-electron chi connectivity index (χ4n) is 5.88. The van der Waals surface area contributed by atoms with Crippen molar-refractivity contribution in [3.8, 4) is 0 Å². The van der Waals surface area contributed by atoms with E-state index in [1.807, 2.05) is 6.92 Å². The summed E-state index contributed by atoms with van der Waals surface area (Å²) >= 11 is 12.2. The predicted molar refractivity (Wildman–Crippen MR) is 85.4 cm³/mol. The Kier molecular flexibility index (Phi) is 3.16. The minimum absolute atomic E-state index is 0.0391. The molecule has 1 N–H and O–H groups in total. The highest BCUT2D eigenvalue weighted by molar-refractivity contribution is 6.53. The summed E-state index contributed by atoms with van der Waals surface area (Å²) in [5.74, 6) is 2.97. The Morgan fingerprint density at radius 2 is 1.57 bits per heavy atom. The molecule has 5 rings (SSSR count). The second-order valence-electron chi connectivity index (χ2n) is 8.64. The van der Waals surface area contributed by atoms with E-state index in [0.717, 1.165) is 30.7 Å². The zero-order valence-corrected chi connectivity index (χ0v) is 14.3. The Morgan fingerprint density at radius 1 is 1.10 bits per heavy atom. The predicted octanol–water partition coefficient (Wildman–Crippen LogP) is 4.29. The lowest BCUT2D eigenvalue weighted by Crippen LogP contribution is -2.47. The molecular weight excluding hydrogens is 305 g/mol. The van der Waals surface area contributed by atoms with Gasteiger partial charge in [0.25, 0.3) is 0 Å². The van der Waals surface area contributed by atoms with Crippen molar-refractivity contribution in [1.82, 2.24) is 5.32 Å². The van der Waals surface area contributed by atoms with Gasteiger partial charge in [-0.1, -0.05) is 0 Å². The summed E-state index contributed by atoms with van der Waals surface area (Å²) in [6, 6.07) is 0. The number of hydrogen-bond donors (Lipinski definition) is 1. The topological polar surface area (TPSA) is 29.1 Å². The van der Waals surface area contributed by atoms with Gasteiger partial charge in [0, 0.05) is 6.54 Å². The van der Waals surface area contributed by atoms with Gasteiger partial charge >= 0.3 is 0 Å². The van der Waals surface area contributed by atoms with E-state index in [-0.39, 0.29) is 5.91 Å². The molecule has 0 aliphatic heterocycles. The average molecular weight is 330 g/mol. The van der Waals surface area contributed by atoms with Crippen LogP contribution < -0.4 is 5.32 Å². The third-order valence-corrected chi connectivity index (χ3v) is 7.97. The first-order valence-electron chi connectivity index (χ1n) is 8.48. The maximum absolute atomic E-state index is 12.2. The van der Waals surface area contributed by atoms with E-state index in [4.69, 9.17) is 23.2 Å². The molecule has 0 heterocycles. The minimum atomic E-state index is -0.849. The molecule has 5 saturated carbocycles. The summed E-state index contributed by atoms with van der Waals surface area (Å²) < 4.78 is -0.849. The van der Waals surface area contributed by atoms with Gasteiger partial charge < -0.3 is 5.32 Å². The van der Waals surface area contributed by atoms with Crippen LogP contribution in [-0.4, -0.2) is 16.8 Å². The van der Waals surface area contributed by atoms with Gasteiger partial charge in [-0.2, -0.15) is 0 Å². The molecule has 0 aromatic rings. The van der Waals surface area contributed by atoms with Gasteiger partial charge in [0.1, 0.15) is 4.33 Å². The molecule has 5 aliphatic carbocycles. The molecule has 4 bridgehead atoms. The summed E-state index contributed by atoms with van der Waals surface area (Å²) in [5.41, 5.74) is -0.0386. The number of carbonyl (C=O) groups excluding carboxylic acids is 1. The van der Waals surface area contributed by atoms with Crippen LogP contribution in [-0.2, 0) is 4.79 Å². The molecule has 0 radical (unpaired) electrons. The van der Waals surface area contributed by atoms with Crippen LogP contribution in [0.3, 0.4) is 0 Å². The first kappa shape index (κ1) is 14.6. The van der Waals surface area contributed by atoms with Crippen molar-refractivity contribution < 1.29 is 4.79 Å². The van der Waals surface area contributed by atoms with Crippen LogP contribution >= 0.6 is 23.2 Å².